The van der Waals surface area contributed by atoms with Gasteiger partial charge in [-0.3, -0.25) is 4.79 Å². The molecule has 2 aliphatic heterocycles. The van der Waals surface area contributed by atoms with Crippen LogP contribution in [0.25, 0.3) is 0 Å². The van der Waals surface area contributed by atoms with Gasteiger partial charge >= 0.3 is 5.97 Å². The first-order valence-corrected chi connectivity index (χ1v) is 13.2. The van der Waals surface area contributed by atoms with Gasteiger partial charge in [-0.2, -0.15) is 0 Å². The van der Waals surface area contributed by atoms with Crippen molar-refractivity contribution in [2.24, 2.45) is 11.8 Å². The Morgan fingerprint density at radius 3 is 2.43 bits per heavy atom. The first-order chi connectivity index (χ1) is 17.7. The first-order valence-electron chi connectivity index (χ1n) is 13.2. The number of carbonyl (C=O) groups is 1. The van der Waals surface area contributed by atoms with Gasteiger partial charge in [0.15, 0.2) is 0 Å². The van der Waals surface area contributed by atoms with Crippen LogP contribution in [0.3, 0.4) is 0 Å². The van der Waals surface area contributed by atoms with Crippen LogP contribution in [0, 0.1) is 11.8 Å². The second kappa shape index (κ2) is 10.2. The van der Waals surface area contributed by atoms with Gasteiger partial charge in [-0.05, 0) is 73.6 Å². The third kappa shape index (κ3) is 5.37. The van der Waals surface area contributed by atoms with Crippen molar-refractivity contribution in [3.05, 3.63) is 95.1 Å². The summed E-state index contributed by atoms with van der Waals surface area (Å²) in [5.41, 5.74) is 4.09. The number of rotatable bonds is 7. The number of benzene rings is 3. The molecule has 5 heteroatoms. The number of carboxylic acid groups (broad SMARTS) is 1. The van der Waals surface area contributed by atoms with Crippen molar-refractivity contribution in [1.82, 2.24) is 0 Å². The second-order valence-corrected chi connectivity index (χ2v) is 11.2. The molecule has 5 rings (SSSR count). The molecule has 0 aliphatic carbocycles. The van der Waals surface area contributed by atoms with Gasteiger partial charge in [0, 0.05) is 11.5 Å². The molecule has 5 nitrogen and oxygen atoms in total. The van der Waals surface area contributed by atoms with E-state index in [2.05, 4.69) is 50.2 Å². The summed E-state index contributed by atoms with van der Waals surface area (Å²) in [5, 5.41) is 10.1. The van der Waals surface area contributed by atoms with Gasteiger partial charge in [0.2, 0.25) is 0 Å². The number of hydrogen-bond acceptors (Lipinski definition) is 4. The third-order valence-electron chi connectivity index (χ3n) is 7.82. The molecule has 3 aromatic carbocycles. The van der Waals surface area contributed by atoms with E-state index in [1.54, 1.807) is 0 Å². The van der Waals surface area contributed by atoms with Crippen LogP contribution in [-0.2, 0) is 16.0 Å². The lowest BCUT2D eigenvalue weighted by atomic mass is 9.71. The maximum atomic E-state index is 12.3. The lowest BCUT2D eigenvalue weighted by Crippen LogP contribution is -2.53. The molecule has 3 aromatic rings. The van der Waals surface area contributed by atoms with Crippen molar-refractivity contribution in [1.29, 1.82) is 0 Å². The Morgan fingerprint density at radius 1 is 1.03 bits per heavy atom. The molecule has 0 radical (unpaired) electrons. The first kappa shape index (κ1) is 25.3. The molecule has 2 aliphatic rings. The van der Waals surface area contributed by atoms with Gasteiger partial charge in [0.25, 0.3) is 0 Å². The summed E-state index contributed by atoms with van der Waals surface area (Å²) in [4.78, 5) is 12.3. The number of carboxylic acids is 1. The van der Waals surface area contributed by atoms with Gasteiger partial charge in [-0.15, -0.1) is 0 Å². The fourth-order valence-electron chi connectivity index (χ4n) is 5.62. The molecular weight excluding hydrogens is 464 g/mol. The van der Waals surface area contributed by atoms with Crippen LogP contribution in [0.1, 0.15) is 68.4 Å². The lowest BCUT2D eigenvalue weighted by Gasteiger charge is -2.50. The zero-order chi connectivity index (χ0) is 26.2. The van der Waals surface area contributed by atoms with E-state index in [1.807, 2.05) is 50.2 Å². The molecular formula is C32H36O5. The lowest BCUT2D eigenvalue weighted by molar-refractivity contribution is -0.192. The van der Waals surface area contributed by atoms with E-state index in [4.69, 9.17) is 14.2 Å². The fourth-order valence-corrected chi connectivity index (χ4v) is 5.62. The topological polar surface area (TPSA) is 65.0 Å². The van der Waals surface area contributed by atoms with E-state index < -0.39 is 23.6 Å². The highest BCUT2D eigenvalue weighted by molar-refractivity contribution is 5.71. The summed E-state index contributed by atoms with van der Waals surface area (Å²) in [7, 11) is 0. The van der Waals surface area contributed by atoms with Gasteiger partial charge in [0.1, 0.15) is 29.8 Å². The number of fused-ring (bicyclic) bond motifs is 3. The van der Waals surface area contributed by atoms with Gasteiger partial charge in [-0.25, -0.2) is 0 Å². The fraction of sp³-hybridized carbons (Fsp3) is 0.406. The third-order valence-corrected chi connectivity index (χ3v) is 7.82. The normalized spacial score (nSPS) is 24.0. The highest BCUT2D eigenvalue weighted by Crippen LogP contribution is 2.52. The van der Waals surface area contributed by atoms with Gasteiger partial charge in [-0.1, -0.05) is 62.4 Å². The average molecular weight is 501 g/mol. The highest BCUT2D eigenvalue weighted by atomic mass is 16.6. The molecule has 0 spiro atoms. The Kier molecular flexibility index (Phi) is 7.00. The molecule has 4 atom stereocenters. The number of hydrogen-bond donors (Lipinski definition) is 1. The molecule has 194 valence electrons. The second-order valence-electron chi connectivity index (χ2n) is 11.2. The standard InChI is InChI=1S/C32H36O5/c1-20(2)23-11-13-24(14-12-23)35-19-29-26(31(33)34)18-27-30(36-29)25-17-22(16-21-8-6-5-7-9-21)10-15-28(25)37-32(27,3)4/h5-15,17,20,26-27,29-30H,16,18-19H2,1-4H3,(H,33,34)/t26-,27-,29-,30+/m0/s1. The maximum Gasteiger partial charge on any atom is 0.309 e. The predicted octanol–water partition coefficient (Wildman–Crippen LogP) is 6.80. The van der Waals surface area contributed by atoms with Crippen molar-refractivity contribution < 1.29 is 24.1 Å². The van der Waals surface area contributed by atoms with Crippen LogP contribution in [0.5, 0.6) is 11.5 Å². The zero-order valence-electron chi connectivity index (χ0n) is 22.0. The summed E-state index contributed by atoms with van der Waals surface area (Å²) in [5.74, 6) is 0.343. The van der Waals surface area contributed by atoms with Crippen LogP contribution in [-0.4, -0.2) is 29.4 Å². The highest BCUT2D eigenvalue weighted by Gasteiger charge is 2.52. The van der Waals surface area contributed by atoms with Gasteiger partial charge < -0.3 is 19.3 Å². The largest absolute Gasteiger partial charge is 0.491 e. The van der Waals surface area contributed by atoms with E-state index in [0.717, 1.165) is 23.5 Å². The minimum atomic E-state index is -0.860. The molecule has 1 fully saturated rings. The van der Waals surface area contributed by atoms with E-state index in [1.165, 1.54) is 16.7 Å². The smallest absolute Gasteiger partial charge is 0.309 e. The molecule has 0 amide bonds. The van der Waals surface area contributed by atoms with E-state index >= 15 is 0 Å². The Labute approximate surface area is 219 Å². The Morgan fingerprint density at radius 2 is 1.76 bits per heavy atom. The molecule has 0 bridgehead atoms. The monoisotopic (exact) mass is 500 g/mol. The van der Waals surface area contributed by atoms with Crippen LogP contribution in [0.15, 0.2) is 72.8 Å². The van der Waals surface area contributed by atoms with Gasteiger partial charge in [0.05, 0.1) is 12.0 Å². The van der Waals surface area contributed by atoms with E-state index in [9.17, 15) is 9.90 Å². The van der Waals surface area contributed by atoms with Crippen molar-refractivity contribution in [2.45, 2.75) is 64.3 Å². The van der Waals surface area contributed by atoms with Crippen LogP contribution >= 0.6 is 0 Å². The summed E-state index contributed by atoms with van der Waals surface area (Å²) in [6, 6.07) is 24.7. The van der Waals surface area contributed by atoms with Crippen molar-refractivity contribution in [2.75, 3.05) is 6.61 Å². The van der Waals surface area contributed by atoms with Crippen LogP contribution in [0.4, 0.5) is 0 Å². The summed E-state index contributed by atoms with van der Waals surface area (Å²) in [6.07, 6.45) is 0.450. The minimum Gasteiger partial charge on any atom is -0.491 e. The quantitative estimate of drug-likeness (QED) is 0.387. The molecule has 0 saturated carbocycles. The summed E-state index contributed by atoms with van der Waals surface area (Å²) < 4.78 is 19.1. The average Bonchev–Trinajstić information content (AvgIpc) is 2.88. The van der Waals surface area contributed by atoms with Crippen molar-refractivity contribution in [3.8, 4) is 11.5 Å². The number of ether oxygens (including phenoxy) is 3. The van der Waals surface area contributed by atoms with Crippen molar-refractivity contribution in [3.63, 3.8) is 0 Å². The minimum absolute atomic E-state index is 0.0883. The predicted molar refractivity (Wildman–Crippen MR) is 143 cm³/mol. The number of aliphatic carboxylic acids is 1. The Hall–Kier alpha value is -3.31. The summed E-state index contributed by atoms with van der Waals surface area (Å²) in [6.45, 7) is 8.54. The van der Waals surface area contributed by atoms with Crippen LogP contribution in [0.2, 0.25) is 0 Å². The zero-order valence-corrected chi connectivity index (χ0v) is 22.0. The molecule has 37 heavy (non-hydrogen) atoms. The molecule has 1 saturated heterocycles. The Bertz CT molecular complexity index is 1230. The SMILES string of the molecule is CC(C)c1ccc(OC[C@@H]2O[C@@H]3c4cc(Cc5ccccc5)ccc4OC(C)(C)[C@H]3C[C@@H]2C(=O)O)cc1. The van der Waals surface area contributed by atoms with Crippen molar-refractivity contribution >= 4 is 5.97 Å². The molecule has 2 heterocycles. The van der Waals surface area contributed by atoms with E-state index in [0.29, 0.717) is 12.3 Å². The molecule has 0 aromatic heterocycles. The molecule has 0 unspecified atom stereocenters. The van der Waals surface area contributed by atoms with Crippen LogP contribution < -0.4 is 9.47 Å². The maximum absolute atomic E-state index is 12.3. The Balaban J connectivity index is 1.40. The summed E-state index contributed by atoms with van der Waals surface area (Å²) >= 11 is 0. The van der Waals surface area contributed by atoms with E-state index in [-0.39, 0.29) is 18.6 Å². The molecule has 1 N–H and O–H groups in total.